The maximum Gasteiger partial charge on any atom is 0.134 e. The van der Waals surface area contributed by atoms with E-state index < -0.39 is 0 Å². The Morgan fingerprint density at radius 2 is 2.11 bits per heavy atom. The van der Waals surface area contributed by atoms with Gasteiger partial charge in [0, 0.05) is 25.8 Å². The molecule has 5 heteroatoms. The van der Waals surface area contributed by atoms with E-state index in [1.54, 1.807) is 6.33 Å². The first-order valence-electron chi connectivity index (χ1n) is 7.18. The summed E-state index contributed by atoms with van der Waals surface area (Å²) in [6.45, 7) is 4.61. The zero-order valence-electron chi connectivity index (χ0n) is 11.9. The van der Waals surface area contributed by atoms with Gasteiger partial charge in [0.05, 0.1) is 6.61 Å². The molecule has 0 aliphatic heterocycles. The third-order valence-corrected chi connectivity index (χ3v) is 3.27. The van der Waals surface area contributed by atoms with Crippen LogP contribution in [0.5, 0.6) is 0 Å². The number of nitrogens with zero attached hydrogens (tertiary/aromatic N) is 2. The van der Waals surface area contributed by atoms with Crippen molar-refractivity contribution in [3.8, 4) is 0 Å². The third kappa shape index (κ3) is 4.35. The van der Waals surface area contributed by atoms with Crippen molar-refractivity contribution in [1.29, 1.82) is 0 Å². The van der Waals surface area contributed by atoms with Crippen LogP contribution in [-0.2, 0) is 11.2 Å². The van der Waals surface area contributed by atoms with E-state index in [1.165, 1.54) is 12.8 Å². The minimum atomic E-state index is 0.737. The summed E-state index contributed by atoms with van der Waals surface area (Å²) in [5, 5.41) is 6.47. The Kier molecular flexibility index (Phi) is 5.39. The van der Waals surface area contributed by atoms with Gasteiger partial charge in [0.25, 0.3) is 0 Å². The SMILES string of the molecule is CCCc1c(NC)ncnc1NCCOCC1CC1. The molecule has 1 aromatic rings. The van der Waals surface area contributed by atoms with Crippen LogP contribution in [0.15, 0.2) is 6.33 Å². The number of nitrogens with one attached hydrogen (secondary N) is 2. The lowest BCUT2D eigenvalue weighted by molar-refractivity contribution is 0.134. The molecular formula is C14H24N4O. The summed E-state index contributed by atoms with van der Waals surface area (Å²) < 4.78 is 5.61. The van der Waals surface area contributed by atoms with Crippen LogP contribution >= 0.6 is 0 Å². The summed E-state index contributed by atoms with van der Waals surface area (Å²) >= 11 is 0. The average molecular weight is 264 g/mol. The van der Waals surface area contributed by atoms with Gasteiger partial charge in [-0.05, 0) is 25.2 Å². The summed E-state index contributed by atoms with van der Waals surface area (Å²) in [6, 6.07) is 0. The lowest BCUT2D eigenvalue weighted by Gasteiger charge is -2.13. The predicted molar refractivity (Wildman–Crippen MR) is 77.6 cm³/mol. The Morgan fingerprint density at radius 3 is 2.79 bits per heavy atom. The zero-order valence-corrected chi connectivity index (χ0v) is 11.9. The highest BCUT2D eigenvalue weighted by Gasteiger charge is 2.20. The van der Waals surface area contributed by atoms with E-state index >= 15 is 0 Å². The second-order valence-corrected chi connectivity index (χ2v) is 4.99. The summed E-state index contributed by atoms with van der Waals surface area (Å²) in [6.07, 6.45) is 6.33. The van der Waals surface area contributed by atoms with Gasteiger partial charge in [0.15, 0.2) is 0 Å². The first-order valence-corrected chi connectivity index (χ1v) is 7.18. The zero-order chi connectivity index (χ0) is 13.5. The second-order valence-electron chi connectivity index (χ2n) is 4.99. The van der Waals surface area contributed by atoms with Crippen molar-refractivity contribution in [2.24, 2.45) is 5.92 Å². The molecule has 5 nitrogen and oxygen atoms in total. The molecule has 2 N–H and O–H groups in total. The summed E-state index contributed by atoms with van der Waals surface area (Å²) in [5.41, 5.74) is 1.16. The molecular weight excluding hydrogens is 240 g/mol. The number of anilines is 2. The minimum Gasteiger partial charge on any atom is -0.379 e. The van der Waals surface area contributed by atoms with Crippen LogP contribution in [0, 0.1) is 5.92 Å². The molecule has 0 bridgehead atoms. The van der Waals surface area contributed by atoms with Crippen molar-refractivity contribution in [3.63, 3.8) is 0 Å². The number of hydrogen-bond donors (Lipinski definition) is 2. The van der Waals surface area contributed by atoms with Crippen molar-refractivity contribution in [2.45, 2.75) is 32.6 Å². The maximum atomic E-state index is 5.61. The van der Waals surface area contributed by atoms with E-state index in [0.29, 0.717) is 0 Å². The van der Waals surface area contributed by atoms with E-state index in [4.69, 9.17) is 4.74 Å². The quantitative estimate of drug-likeness (QED) is 0.670. The molecule has 0 spiro atoms. The van der Waals surface area contributed by atoms with Gasteiger partial charge in [0.2, 0.25) is 0 Å². The fraction of sp³-hybridized carbons (Fsp3) is 0.714. The molecule has 106 valence electrons. The van der Waals surface area contributed by atoms with E-state index in [1.807, 2.05) is 7.05 Å². The van der Waals surface area contributed by atoms with Gasteiger partial charge in [-0.25, -0.2) is 9.97 Å². The molecule has 2 rings (SSSR count). The first-order chi connectivity index (χ1) is 9.35. The van der Waals surface area contributed by atoms with Crippen LogP contribution in [0.4, 0.5) is 11.6 Å². The number of hydrogen-bond acceptors (Lipinski definition) is 5. The van der Waals surface area contributed by atoms with Gasteiger partial charge in [-0.3, -0.25) is 0 Å². The van der Waals surface area contributed by atoms with Crippen molar-refractivity contribution in [2.75, 3.05) is 37.4 Å². The van der Waals surface area contributed by atoms with Gasteiger partial charge in [-0.2, -0.15) is 0 Å². The molecule has 1 aromatic heterocycles. The lowest BCUT2D eigenvalue weighted by Crippen LogP contribution is -2.14. The normalized spacial score (nSPS) is 14.4. The van der Waals surface area contributed by atoms with Crippen LogP contribution < -0.4 is 10.6 Å². The molecule has 0 unspecified atom stereocenters. The number of ether oxygens (including phenoxy) is 1. The fourth-order valence-corrected chi connectivity index (χ4v) is 2.04. The highest BCUT2D eigenvalue weighted by Crippen LogP contribution is 2.28. The molecule has 1 saturated carbocycles. The fourth-order valence-electron chi connectivity index (χ4n) is 2.04. The van der Waals surface area contributed by atoms with Crippen molar-refractivity contribution in [1.82, 2.24) is 9.97 Å². The highest BCUT2D eigenvalue weighted by molar-refractivity contribution is 5.57. The standard InChI is InChI=1S/C14H24N4O/c1-3-4-12-13(15-2)17-10-18-14(12)16-7-8-19-9-11-5-6-11/h10-11H,3-9H2,1-2H3,(H2,15,16,17,18). The van der Waals surface area contributed by atoms with Crippen molar-refractivity contribution < 1.29 is 4.74 Å². The molecule has 0 radical (unpaired) electrons. The molecule has 0 saturated heterocycles. The van der Waals surface area contributed by atoms with E-state index in [9.17, 15) is 0 Å². The number of rotatable bonds is 9. The molecule has 1 fully saturated rings. The van der Waals surface area contributed by atoms with Crippen molar-refractivity contribution in [3.05, 3.63) is 11.9 Å². The molecule has 19 heavy (non-hydrogen) atoms. The Hall–Kier alpha value is -1.36. The Bertz CT molecular complexity index is 393. The van der Waals surface area contributed by atoms with Gasteiger partial charge < -0.3 is 15.4 Å². The number of aromatic nitrogens is 2. The molecule has 1 aliphatic rings. The molecule has 0 atom stereocenters. The Labute approximate surface area is 115 Å². The monoisotopic (exact) mass is 264 g/mol. The highest BCUT2D eigenvalue weighted by atomic mass is 16.5. The van der Waals surface area contributed by atoms with Crippen LogP contribution in [0.2, 0.25) is 0 Å². The summed E-state index contributed by atoms with van der Waals surface area (Å²) in [7, 11) is 1.89. The van der Waals surface area contributed by atoms with Crippen LogP contribution in [0.25, 0.3) is 0 Å². The largest absolute Gasteiger partial charge is 0.379 e. The average Bonchev–Trinajstić information content (AvgIpc) is 3.24. The van der Waals surface area contributed by atoms with E-state index in [2.05, 4.69) is 27.5 Å². The third-order valence-electron chi connectivity index (χ3n) is 3.27. The van der Waals surface area contributed by atoms with Crippen LogP contribution in [0.3, 0.4) is 0 Å². The summed E-state index contributed by atoms with van der Waals surface area (Å²) in [5.74, 6) is 2.67. The Balaban J connectivity index is 1.82. The molecule has 1 aliphatic carbocycles. The molecule has 0 aromatic carbocycles. The molecule has 0 amide bonds. The predicted octanol–water partition coefficient (Wildman–Crippen LogP) is 2.31. The second kappa shape index (κ2) is 7.28. The van der Waals surface area contributed by atoms with Gasteiger partial charge in [0.1, 0.15) is 18.0 Å². The van der Waals surface area contributed by atoms with Crippen LogP contribution in [0.1, 0.15) is 31.7 Å². The van der Waals surface area contributed by atoms with E-state index in [-0.39, 0.29) is 0 Å². The maximum absolute atomic E-state index is 5.61. The lowest BCUT2D eigenvalue weighted by atomic mass is 10.1. The van der Waals surface area contributed by atoms with E-state index in [0.717, 1.165) is 55.7 Å². The topological polar surface area (TPSA) is 59.1 Å². The summed E-state index contributed by atoms with van der Waals surface area (Å²) in [4.78, 5) is 8.59. The van der Waals surface area contributed by atoms with Gasteiger partial charge in [-0.15, -0.1) is 0 Å². The van der Waals surface area contributed by atoms with Crippen LogP contribution in [-0.4, -0.2) is 36.8 Å². The van der Waals surface area contributed by atoms with Gasteiger partial charge in [-0.1, -0.05) is 13.3 Å². The Morgan fingerprint density at radius 1 is 1.32 bits per heavy atom. The first kappa shape index (κ1) is 14.1. The minimum absolute atomic E-state index is 0.737. The smallest absolute Gasteiger partial charge is 0.134 e. The van der Waals surface area contributed by atoms with Crippen molar-refractivity contribution >= 4 is 11.6 Å². The van der Waals surface area contributed by atoms with Gasteiger partial charge >= 0.3 is 0 Å². The molecule has 1 heterocycles.